The van der Waals surface area contributed by atoms with E-state index in [2.05, 4.69) is 364 Å². The van der Waals surface area contributed by atoms with Crippen LogP contribution in [0.25, 0.3) is 86.3 Å². The highest BCUT2D eigenvalue weighted by Crippen LogP contribution is 2.56. The highest BCUT2D eigenvalue weighted by Gasteiger charge is 2.48. The van der Waals surface area contributed by atoms with E-state index < -0.39 is 0 Å². The van der Waals surface area contributed by atoms with Gasteiger partial charge in [0.15, 0.2) is 0 Å². The Labute approximate surface area is 587 Å². The first kappa shape index (κ1) is 61.3. The lowest BCUT2D eigenvalue weighted by Crippen LogP contribution is -2.62. The Morgan fingerprint density at radius 2 is 0.818 bits per heavy atom. The summed E-state index contributed by atoms with van der Waals surface area (Å²) < 4.78 is 7.84. The molecule has 0 aliphatic carbocycles. The summed E-state index contributed by atoms with van der Waals surface area (Å²) in [5.41, 5.74) is 29.9. The van der Waals surface area contributed by atoms with Crippen molar-refractivity contribution < 1.29 is 0 Å². The average Bonchev–Trinajstić information content (AvgIpc) is 1.66. The highest BCUT2D eigenvalue weighted by molar-refractivity contribution is 7.26. The number of hydrogen-bond donors (Lipinski definition) is 0. The third-order valence-corrected chi connectivity index (χ3v) is 23.1. The van der Waals surface area contributed by atoms with Crippen molar-refractivity contribution in [3.05, 3.63) is 264 Å². The topological polar surface area (TPSA) is 19.6 Å². The SMILES string of the molecule is CC(C)(C)c1cc2c3c(c1)-n1c4ccc(C(C)(C)C)cc4c4cc(C(C)(C)C)cc(c41)N3c1cc(N(c3ccccc3)c3ccccc3)cc3c1B2c1ccc(-n2c4ccc(C(C)(C)C)cc4c4cc(C(C)(C)C)ccc42)cc1N3c1ccc(-c2cccc3c2sc2ccccc23)cc1. The van der Waals surface area contributed by atoms with Crippen molar-refractivity contribution in [2.24, 2.45) is 0 Å². The smallest absolute Gasteiger partial charge is 0.252 e. The van der Waals surface area contributed by atoms with Gasteiger partial charge in [0.05, 0.1) is 44.8 Å². The molecular formula is C92H84BN5S. The average molecular weight is 1300 g/mol. The molecule has 486 valence electrons. The van der Waals surface area contributed by atoms with Gasteiger partial charge in [-0.3, -0.25) is 0 Å². The molecule has 7 heteroatoms. The van der Waals surface area contributed by atoms with Gasteiger partial charge in [-0.25, -0.2) is 0 Å². The normalized spacial score (nSPS) is 13.7. The van der Waals surface area contributed by atoms with Gasteiger partial charge in [-0.1, -0.05) is 219 Å². The Hall–Kier alpha value is -10.1. The van der Waals surface area contributed by atoms with Crippen molar-refractivity contribution in [2.75, 3.05) is 14.7 Å². The van der Waals surface area contributed by atoms with Gasteiger partial charge >= 0.3 is 0 Å². The van der Waals surface area contributed by atoms with Crippen LogP contribution in [0.4, 0.5) is 51.2 Å². The fourth-order valence-electron chi connectivity index (χ4n) is 16.5. The van der Waals surface area contributed by atoms with Crippen LogP contribution < -0.4 is 31.1 Å². The van der Waals surface area contributed by atoms with Crippen molar-refractivity contribution in [1.29, 1.82) is 0 Å². The van der Waals surface area contributed by atoms with E-state index in [-0.39, 0.29) is 33.8 Å². The molecule has 0 atom stereocenters. The van der Waals surface area contributed by atoms with Gasteiger partial charge in [0.2, 0.25) is 0 Å². The summed E-state index contributed by atoms with van der Waals surface area (Å²) in [4.78, 5) is 7.86. The van der Waals surface area contributed by atoms with Crippen LogP contribution in [0, 0.1) is 0 Å². The van der Waals surface area contributed by atoms with Crippen LogP contribution in [0.3, 0.4) is 0 Å². The second-order valence-electron chi connectivity index (χ2n) is 33.5. The monoisotopic (exact) mass is 1300 g/mol. The van der Waals surface area contributed by atoms with Crippen LogP contribution >= 0.6 is 11.3 Å². The molecule has 3 aliphatic rings. The molecule has 6 heterocycles. The van der Waals surface area contributed by atoms with E-state index in [0.717, 1.165) is 39.8 Å². The fourth-order valence-corrected chi connectivity index (χ4v) is 17.8. The zero-order chi connectivity index (χ0) is 68.3. The quantitative estimate of drug-likeness (QED) is 0.155. The van der Waals surface area contributed by atoms with Crippen LogP contribution in [0.2, 0.25) is 0 Å². The van der Waals surface area contributed by atoms with Crippen LogP contribution in [0.15, 0.2) is 237 Å². The molecule has 0 N–H and O–H groups in total. The number of para-hydroxylation sites is 2. The summed E-state index contributed by atoms with van der Waals surface area (Å²) in [5, 5.41) is 7.74. The molecule has 5 nitrogen and oxygen atoms in total. The van der Waals surface area contributed by atoms with Gasteiger partial charge < -0.3 is 23.8 Å². The van der Waals surface area contributed by atoms with Crippen molar-refractivity contribution in [2.45, 2.75) is 131 Å². The maximum atomic E-state index is 2.73. The molecule has 0 spiro atoms. The molecule has 0 radical (unpaired) electrons. The lowest BCUT2D eigenvalue weighted by molar-refractivity contribution is 0.590. The van der Waals surface area contributed by atoms with Crippen molar-refractivity contribution in [3.8, 4) is 22.5 Å². The van der Waals surface area contributed by atoms with Gasteiger partial charge in [0.1, 0.15) is 0 Å². The van der Waals surface area contributed by atoms with E-state index in [0.29, 0.717) is 0 Å². The molecule has 0 saturated heterocycles. The van der Waals surface area contributed by atoms with Crippen molar-refractivity contribution >= 4 is 149 Å². The molecule has 12 aromatic carbocycles. The summed E-state index contributed by atoms with van der Waals surface area (Å²) in [6, 6.07) is 91.9. The summed E-state index contributed by atoms with van der Waals surface area (Å²) in [5.74, 6) is 0. The Balaban J connectivity index is 0.984. The third-order valence-electron chi connectivity index (χ3n) is 21.9. The number of rotatable bonds is 6. The Morgan fingerprint density at radius 1 is 0.323 bits per heavy atom. The predicted molar refractivity (Wildman–Crippen MR) is 429 cm³/mol. The van der Waals surface area contributed by atoms with Gasteiger partial charge in [-0.15, -0.1) is 11.3 Å². The minimum absolute atomic E-state index is 0.0372. The summed E-state index contributed by atoms with van der Waals surface area (Å²) >= 11 is 1.89. The zero-order valence-electron chi connectivity index (χ0n) is 59.7. The number of nitrogens with zero attached hydrogens (tertiary/aromatic N) is 5. The zero-order valence-corrected chi connectivity index (χ0v) is 60.6. The molecule has 3 aliphatic heterocycles. The highest BCUT2D eigenvalue weighted by atomic mass is 32.1. The van der Waals surface area contributed by atoms with Crippen LogP contribution in [0.1, 0.15) is 132 Å². The lowest BCUT2D eigenvalue weighted by atomic mass is 9.33. The van der Waals surface area contributed by atoms with Gasteiger partial charge in [-0.05, 0) is 204 Å². The maximum Gasteiger partial charge on any atom is 0.252 e. The minimum Gasteiger partial charge on any atom is -0.311 e. The van der Waals surface area contributed by atoms with Crippen molar-refractivity contribution in [3.63, 3.8) is 0 Å². The van der Waals surface area contributed by atoms with Gasteiger partial charge in [0, 0.05) is 81.5 Å². The third kappa shape index (κ3) is 9.39. The van der Waals surface area contributed by atoms with Crippen LogP contribution in [-0.4, -0.2) is 15.8 Å². The van der Waals surface area contributed by atoms with E-state index in [1.807, 2.05) is 11.3 Å². The fraction of sp³-hybridized carbons (Fsp3) is 0.217. The first-order valence-corrected chi connectivity index (χ1v) is 36.3. The Morgan fingerprint density at radius 3 is 1.40 bits per heavy atom. The Kier molecular flexibility index (Phi) is 13.1. The first-order chi connectivity index (χ1) is 47.3. The molecule has 0 fully saturated rings. The molecule has 99 heavy (non-hydrogen) atoms. The molecule has 15 aromatic rings. The molecule has 0 unspecified atom stereocenters. The van der Waals surface area contributed by atoms with E-state index in [1.165, 1.54) is 142 Å². The number of anilines is 9. The summed E-state index contributed by atoms with van der Waals surface area (Å²) in [6.07, 6.45) is 0. The van der Waals surface area contributed by atoms with E-state index in [9.17, 15) is 0 Å². The molecule has 0 saturated carbocycles. The second-order valence-corrected chi connectivity index (χ2v) is 34.6. The maximum absolute atomic E-state index is 2.73. The van der Waals surface area contributed by atoms with E-state index >= 15 is 0 Å². The Bertz CT molecular complexity index is 5780. The van der Waals surface area contributed by atoms with Crippen LogP contribution in [-0.2, 0) is 27.1 Å². The number of thiophene rings is 1. The molecule has 0 amide bonds. The number of hydrogen-bond acceptors (Lipinski definition) is 4. The van der Waals surface area contributed by atoms with Crippen LogP contribution in [0.5, 0.6) is 0 Å². The second kappa shape index (κ2) is 21.2. The molecule has 0 bridgehead atoms. The van der Waals surface area contributed by atoms with E-state index in [1.54, 1.807) is 0 Å². The summed E-state index contributed by atoms with van der Waals surface area (Å²) in [7, 11) is 0. The standard InChI is InChI=1S/C92H84BN5S/c1-88(2,3)56-35-42-75-69(45-56)70-46-57(89(4,5)6)36-43-76(70)96(75)64-40-41-73-78(52-64)95(63-38-33-55(34-39-63)66-30-24-31-68-67-29-22-23-32-83(67)99-87(66)68)79-53-65(94(61-25-18-16-19-26-61)62-27-20-17-21-28-62)54-80-84(79)93(73)74-49-60(92(13,14)15)51-82-86(74)98(80)81-50-59(91(10,11)12)48-72-71-47-58(90(7,8)9)37-44-77(71)97(82)85(72)81/h16-54H,1-15H3. The van der Waals surface area contributed by atoms with E-state index in [4.69, 9.17) is 0 Å². The van der Waals surface area contributed by atoms with Crippen molar-refractivity contribution in [1.82, 2.24) is 9.13 Å². The number of fused-ring (bicyclic) bond motifs is 15. The number of benzene rings is 12. The molecule has 18 rings (SSSR count). The predicted octanol–water partition coefficient (Wildman–Crippen LogP) is 24.3. The lowest BCUT2D eigenvalue weighted by Gasteiger charge is -2.47. The molecular weight excluding hydrogens is 1220 g/mol. The molecule has 3 aromatic heterocycles. The van der Waals surface area contributed by atoms with Gasteiger partial charge in [0.25, 0.3) is 6.71 Å². The minimum atomic E-state index is -0.196. The summed E-state index contributed by atoms with van der Waals surface area (Å²) in [6.45, 7) is 35.2. The van der Waals surface area contributed by atoms with Gasteiger partial charge in [-0.2, -0.15) is 0 Å². The number of aromatic nitrogens is 2. The largest absolute Gasteiger partial charge is 0.311 e. The first-order valence-electron chi connectivity index (χ1n) is 35.5.